The van der Waals surface area contributed by atoms with Gasteiger partial charge in [0.25, 0.3) is 0 Å². The van der Waals surface area contributed by atoms with Crippen LogP contribution in [0.2, 0.25) is 0 Å². The SMILES string of the molecule is COC(=O)C(S)(S)Cc1c(C)c(OC)cc[n+]1-c1nc2cc3c(cc2[nH]1)C(C)(C)C(=O)C3(C)C.[Cl-]. The molecule has 10 heteroatoms. The standard InChI is InChI=1S/C25H29N3O4S2.ClH/c1-13-18(12-25(33,34)21(30)32-7)28(9-8-19(13)31-6)22-26-16-10-14-15(11-17(16)27-22)24(4,5)20(29)23(14,2)3;/h8-11H,12H2,1-7H3,(H2-,26,27,33,34);1H. The molecule has 0 radical (unpaired) electrons. The zero-order valence-corrected chi connectivity index (χ0v) is 23.4. The molecule has 35 heavy (non-hydrogen) atoms. The van der Waals surface area contributed by atoms with Crippen molar-refractivity contribution in [1.29, 1.82) is 0 Å². The number of pyridine rings is 1. The molecule has 0 bridgehead atoms. The van der Waals surface area contributed by atoms with Gasteiger partial charge in [-0.2, -0.15) is 0 Å². The van der Waals surface area contributed by atoms with Crippen LogP contribution >= 0.6 is 25.3 Å². The van der Waals surface area contributed by atoms with Crippen molar-refractivity contribution in [3.8, 4) is 11.7 Å². The van der Waals surface area contributed by atoms with Gasteiger partial charge in [-0.15, -0.1) is 25.3 Å². The molecule has 1 aliphatic carbocycles. The smallest absolute Gasteiger partial charge is 0.402 e. The lowest BCUT2D eigenvalue weighted by molar-refractivity contribution is -0.612. The molecule has 1 aromatic carbocycles. The van der Waals surface area contributed by atoms with Crippen LogP contribution in [0.1, 0.15) is 50.1 Å². The van der Waals surface area contributed by atoms with E-state index in [1.165, 1.54) is 7.11 Å². The quantitative estimate of drug-likeness (QED) is 0.192. The number of halogens is 1. The van der Waals surface area contributed by atoms with E-state index in [9.17, 15) is 9.59 Å². The number of ketones is 1. The van der Waals surface area contributed by atoms with E-state index in [-0.39, 0.29) is 24.6 Å². The molecule has 0 fully saturated rings. The van der Waals surface area contributed by atoms with Crippen molar-refractivity contribution in [3.63, 3.8) is 0 Å². The molecule has 0 amide bonds. The second-order valence-corrected chi connectivity index (χ2v) is 11.7. The number of rotatable bonds is 5. The Bertz CT molecular complexity index is 1290. The molecule has 1 aliphatic rings. The fourth-order valence-corrected chi connectivity index (χ4v) is 5.49. The number of methoxy groups -OCH3 is 2. The minimum atomic E-state index is -1.35. The maximum atomic E-state index is 13.1. The van der Waals surface area contributed by atoms with Gasteiger partial charge in [0.15, 0.2) is 15.4 Å². The largest absolute Gasteiger partial charge is 1.00 e. The second-order valence-electron chi connectivity index (χ2n) is 9.87. The Morgan fingerprint density at radius 3 is 2.31 bits per heavy atom. The van der Waals surface area contributed by atoms with Gasteiger partial charge >= 0.3 is 11.9 Å². The number of aromatic amines is 1. The van der Waals surface area contributed by atoms with Crippen molar-refractivity contribution in [3.05, 3.63) is 46.8 Å². The molecule has 0 spiro atoms. The summed E-state index contributed by atoms with van der Waals surface area (Å²) in [5.74, 6) is 0.893. The van der Waals surface area contributed by atoms with Crippen molar-refractivity contribution < 1.29 is 36.0 Å². The van der Waals surface area contributed by atoms with Crippen LogP contribution in [0.15, 0.2) is 24.4 Å². The highest BCUT2D eigenvalue weighted by atomic mass is 35.5. The zero-order valence-electron chi connectivity index (χ0n) is 20.8. The highest BCUT2D eigenvalue weighted by molar-refractivity contribution is 8.01. The molecular formula is C25H30ClN3O4S2. The first-order valence-electron chi connectivity index (χ1n) is 11.0. The zero-order chi connectivity index (χ0) is 25.2. The van der Waals surface area contributed by atoms with Gasteiger partial charge in [-0.3, -0.25) is 4.79 Å². The summed E-state index contributed by atoms with van der Waals surface area (Å²) in [5.41, 5.74) is 4.02. The summed E-state index contributed by atoms with van der Waals surface area (Å²) in [5, 5.41) is 0. The van der Waals surface area contributed by atoms with Crippen molar-refractivity contribution >= 4 is 48.0 Å². The molecule has 4 rings (SSSR count). The van der Waals surface area contributed by atoms with Crippen LogP contribution in [0.3, 0.4) is 0 Å². The van der Waals surface area contributed by atoms with E-state index < -0.39 is 20.9 Å². The van der Waals surface area contributed by atoms with E-state index in [0.29, 0.717) is 11.7 Å². The molecule has 7 nitrogen and oxygen atoms in total. The average molecular weight is 536 g/mol. The van der Waals surface area contributed by atoms with Crippen LogP contribution in [0.25, 0.3) is 17.0 Å². The van der Waals surface area contributed by atoms with Gasteiger partial charge in [0.1, 0.15) is 11.3 Å². The van der Waals surface area contributed by atoms with Gasteiger partial charge in [-0.05, 0) is 57.9 Å². The molecule has 0 saturated carbocycles. The molecule has 0 unspecified atom stereocenters. The monoisotopic (exact) mass is 535 g/mol. The average Bonchev–Trinajstić information content (AvgIpc) is 3.25. The van der Waals surface area contributed by atoms with Crippen LogP contribution in [0, 0.1) is 6.92 Å². The number of hydrogen-bond acceptors (Lipinski definition) is 7. The Labute approximate surface area is 222 Å². The number of imidazole rings is 1. The first-order valence-corrected chi connectivity index (χ1v) is 11.9. The van der Waals surface area contributed by atoms with Gasteiger partial charge in [0.2, 0.25) is 0 Å². The third kappa shape index (κ3) is 4.21. The van der Waals surface area contributed by atoms with Crippen LogP contribution < -0.4 is 21.7 Å². The highest BCUT2D eigenvalue weighted by Gasteiger charge is 2.51. The maximum Gasteiger partial charge on any atom is 0.402 e. The van der Waals surface area contributed by atoms with Crippen LogP contribution in [0.4, 0.5) is 0 Å². The number of fused-ring (bicyclic) bond motifs is 2. The number of carbonyl (C=O) groups is 2. The second kappa shape index (κ2) is 9.01. The molecule has 0 saturated heterocycles. The number of benzene rings is 1. The summed E-state index contributed by atoms with van der Waals surface area (Å²) in [6.45, 7) is 9.78. The van der Waals surface area contributed by atoms with Gasteiger partial charge in [0.05, 0.1) is 26.1 Å². The minimum Gasteiger partial charge on any atom is -1.00 e. The third-order valence-electron chi connectivity index (χ3n) is 6.93. The van der Waals surface area contributed by atoms with Gasteiger partial charge in [-0.25, -0.2) is 14.3 Å². The fourth-order valence-electron chi connectivity index (χ4n) is 5.00. The number of Topliss-reactive ketones (excluding diaryl/α,β-unsaturated/α-hetero) is 1. The topological polar surface area (TPSA) is 85.2 Å². The number of nitrogens with zero attached hydrogens (tertiary/aromatic N) is 2. The summed E-state index contributed by atoms with van der Waals surface area (Å²) in [7, 11) is 2.90. The molecule has 0 aliphatic heterocycles. The Kier molecular flexibility index (Phi) is 7.05. The third-order valence-corrected chi connectivity index (χ3v) is 7.61. The van der Waals surface area contributed by atoms with Crippen LogP contribution in [-0.2, 0) is 31.6 Å². The predicted octanol–water partition coefficient (Wildman–Crippen LogP) is 0.570. The summed E-state index contributed by atoms with van der Waals surface area (Å²) >= 11 is 8.92. The van der Waals surface area contributed by atoms with Gasteiger partial charge < -0.3 is 21.9 Å². The highest BCUT2D eigenvalue weighted by Crippen LogP contribution is 2.47. The number of thiol groups is 2. The fraction of sp³-hybridized carbons (Fsp3) is 0.440. The Balaban J connectivity index is 0.00000342. The molecule has 3 aromatic rings. The van der Waals surface area contributed by atoms with Gasteiger partial charge in [0, 0.05) is 28.9 Å². The van der Waals surface area contributed by atoms with E-state index in [4.69, 9.17) is 14.5 Å². The Morgan fingerprint density at radius 1 is 1.14 bits per heavy atom. The van der Waals surface area contributed by atoms with Crippen molar-refractivity contribution in [2.45, 2.75) is 55.9 Å². The van der Waals surface area contributed by atoms with Gasteiger partial charge in [-0.1, -0.05) is 4.98 Å². The van der Waals surface area contributed by atoms with E-state index in [2.05, 4.69) is 30.2 Å². The van der Waals surface area contributed by atoms with Crippen molar-refractivity contribution in [2.75, 3.05) is 14.2 Å². The van der Waals surface area contributed by atoms with E-state index in [0.717, 1.165) is 33.4 Å². The molecule has 0 atom stereocenters. The summed E-state index contributed by atoms with van der Waals surface area (Å²) in [6.07, 6.45) is 2.00. The van der Waals surface area contributed by atoms with E-state index >= 15 is 0 Å². The summed E-state index contributed by atoms with van der Waals surface area (Å²) < 4.78 is 10.9. The number of aromatic nitrogens is 3. The first kappa shape index (κ1) is 27.4. The number of esters is 1. The molecule has 2 heterocycles. The van der Waals surface area contributed by atoms with Crippen LogP contribution in [-0.4, -0.2) is 40.0 Å². The lowest BCUT2D eigenvalue weighted by atomic mass is 9.80. The number of H-pyrrole nitrogens is 1. The first-order chi connectivity index (χ1) is 15.8. The lowest BCUT2D eigenvalue weighted by Gasteiger charge is -2.21. The van der Waals surface area contributed by atoms with Crippen LogP contribution in [0.5, 0.6) is 5.75 Å². The number of ether oxygens (including phenoxy) is 2. The number of carbonyl (C=O) groups excluding carboxylic acids is 2. The van der Waals surface area contributed by atoms with E-state index in [1.54, 1.807) is 7.11 Å². The molecule has 2 aromatic heterocycles. The van der Waals surface area contributed by atoms with Crippen molar-refractivity contribution in [2.24, 2.45) is 0 Å². The Hall–Kier alpha value is -2.23. The number of hydrogen-bond donors (Lipinski definition) is 3. The summed E-state index contributed by atoms with van der Waals surface area (Å²) in [6, 6.07) is 5.87. The normalized spacial score (nSPS) is 16.1. The summed E-state index contributed by atoms with van der Waals surface area (Å²) in [4.78, 5) is 33.6. The van der Waals surface area contributed by atoms with Crippen molar-refractivity contribution in [1.82, 2.24) is 9.97 Å². The molecular weight excluding hydrogens is 506 g/mol. The maximum absolute atomic E-state index is 13.1. The van der Waals surface area contributed by atoms with E-state index in [1.807, 2.05) is 63.6 Å². The Morgan fingerprint density at radius 2 is 1.74 bits per heavy atom. The predicted molar refractivity (Wildman–Crippen MR) is 136 cm³/mol. The molecule has 188 valence electrons. The lowest BCUT2D eigenvalue weighted by Crippen LogP contribution is -3.00. The minimum absolute atomic E-state index is 0. The number of nitrogens with one attached hydrogen (secondary N) is 1. The molecule has 1 N–H and O–H groups in total.